The van der Waals surface area contributed by atoms with E-state index in [1.165, 1.54) is 4.90 Å². The van der Waals surface area contributed by atoms with Crippen LogP contribution in [-0.2, 0) is 20.8 Å². The van der Waals surface area contributed by atoms with Crippen LogP contribution in [0, 0.1) is 11.8 Å². The number of anilines is 1. The molecule has 6 N–H and O–H groups in total. The van der Waals surface area contributed by atoms with E-state index in [4.69, 9.17) is 5.73 Å². The molecule has 0 bridgehead atoms. The van der Waals surface area contributed by atoms with E-state index in [1.54, 1.807) is 26.2 Å². The van der Waals surface area contributed by atoms with Gasteiger partial charge in [0, 0.05) is 43.4 Å². The number of hydrogen-bond donors (Lipinski definition) is 5. The molecule has 0 aromatic heterocycles. The maximum atomic E-state index is 14.0. The molecule has 11 heteroatoms. The molecule has 39 heavy (non-hydrogen) atoms. The Bertz CT molecular complexity index is 1360. The van der Waals surface area contributed by atoms with Gasteiger partial charge in [-0.3, -0.25) is 19.3 Å². The Hall–Kier alpha value is -3.67. The van der Waals surface area contributed by atoms with Crippen molar-refractivity contribution in [3.63, 3.8) is 0 Å². The largest absolute Gasteiger partial charge is 0.508 e. The van der Waals surface area contributed by atoms with Crippen molar-refractivity contribution in [1.82, 2.24) is 9.80 Å². The molecule has 0 aliphatic heterocycles. The number of carbonyl (C=O) groups is 3. The topological polar surface area (TPSA) is 168 Å². The van der Waals surface area contributed by atoms with E-state index < -0.39 is 58.0 Å². The Morgan fingerprint density at radius 3 is 2.31 bits per heavy atom. The molecule has 3 aliphatic rings. The monoisotopic (exact) mass is 540 g/mol. The van der Waals surface area contributed by atoms with Crippen LogP contribution in [0.4, 0.5) is 5.69 Å². The van der Waals surface area contributed by atoms with Gasteiger partial charge >= 0.3 is 0 Å². The highest BCUT2D eigenvalue weighted by molar-refractivity contribution is 6.24. The highest BCUT2D eigenvalue weighted by Gasteiger charge is 2.64. The number of Topliss-reactive ketones (excluding diaryl/α,β-unsaturated/α-hetero) is 2. The van der Waals surface area contributed by atoms with Crippen LogP contribution in [0.2, 0.25) is 0 Å². The van der Waals surface area contributed by atoms with Crippen LogP contribution in [0.1, 0.15) is 23.1 Å². The van der Waals surface area contributed by atoms with E-state index in [0.717, 1.165) is 5.69 Å². The normalized spacial score (nSPS) is 26.8. The fourth-order valence-corrected chi connectivity index (χ4v) is 6.23. The van der Waals surface area contributed by atoms with E-state index in [2.05, 4.69) is 0 Å². The summed E-state index contributed by atoms with van der Waals surface area (Å²) in [7, 11) is 10.6. The number of amides is 1. The third-order valence-corrected chi connectivity index (χ3v) is 7.98. The first-order valence-corrected chi connectivity index (χ1v) is 12.7. The first-order chi connectivity index (χ1) is 18.1. The maximum absolute atomic E-state index is 14.0. The van der Waals surface area contributed by atoms with Crippen molar-refractivity contribution in [3.8, 4) is 5.75 Å². The second-order valence-electron chi connectivity index (χ2n) is 11.2. The number of aliphatic hydroxyl groups excluding tert-OH is 2. The van der Waals surface area contributed by atoms with Crippen molar-refractivity contribution in [2.75, 3.05) is 53.7 Å². The lowest BCUT2D eigenvalue weighted by Gasteiger charge is -2.50. The number of nitrogens with zero attached hydrogens (tertiary/aromatic N) is 3. The predicted molar refractivity (Wildman–Crippen MR) is 146 cm³/mol. The van der Waals surface area contributed by atoms with Gasteiger partial charge in [0.25, 0.3) is 5.91 Å². The van der Waals surface area contributed by atoms with Crippen LogP contribution in [-0.4, -0.2) is 108 Å². The summed E-state index contributed by atoms with van der Waals surface area (Å²) in [6, 6.07) is 0.688. The Morgan fingerprint density at radius 2 is 1.77 bits per heavy atom. The number of primary amides is 1. The molecule has 0 unspecified atom stereocenters. The second-order valence-corrected chi connectivity index (χ2v) is 11.2. The lowest BCUT2D eigenvalue weighted by atomic mass is 9.57. The van der Waals surface area contributed by atoms with E-state index in [9.17, 15) is 34.8 Å². The first-order valence-electron chi connectivity index (χ1n) is 12.7. The molecular formula is C28H36N4O7. The van der Waals surface area contributed by atoms with Crippen LogP contribution in [0.5, 0.6) is 5.75 Å². The molecule has 11 nitrogen and oxygen atoms in total. The summed E-state index contributed by atoms with van der Waals surface area (Å²) in [5.41, 5.74) is 3.56. The van der Waals surface area contributed by atoms with Gasteiger partial charge in [0.05, 0.1) is 11.6 Å². The number of likely N-dealkylation sites (N-methyl/N-ethyl adjacent to an activating group) is 2. The number of ketones is 2. The molecule has 0 heterocycles. The predicted octanol–water partition coefficient (Wildman–Crippen LogP) is 0.605. The summed E-state index contributed by atoms with van der Waals surface area (Å²) >= 11 is 0. The zero-order valence-electron chi connectivity index (χ0n) is 23.0. The minimum atomic E-state index is -2.66. The molecule has 0 radical (unpaired) electrons. The summed E-state index contributed by atoms with van der Waals surface area (Å²) in [6.45, 7) is 0.607. The summed E-state index contributed by atoms with van der Waals surface area (Å²) < 4.78 is 0. The Morgan fingerprint density at radius 1 is 1.13 bits per heavy atom. The van der Waals surface area contributed by atoms with Crippen molar-refractivity contribution in [3.05, 3.63) is 45.7 Å². The Balaban J connectivity index is 1.97. The number of nitrogens with two attached hydrogens (primary N) is 1. The molecule has 3 aliphatic carbocycles. The van der Waals surface area contributed by atoms with Crippen molar-refractivity contribution in [2.24, 2.45) is 17.6 Å². The number of rotatable bonds is 6. The third kappa shape index (κ3) is 4.21. The minimum absolute atomic E-state index is 0.0455. The number of aromatic hydroxyl groups is 1. The molecule has 1 fully saturated rings. The fraction of sp³-hybridized carbons (Fsp3) is 0.464. The molecule has 1 saturated carbocycles. The summed E-state index contributed by atoms with van der Waals surface area (Å²) in [4.78, 5) is 44.6. The molecular weight excluding hydrogens is 504 g/mol. The number of phenols is 1. The smallest absolute Gasteiger partial charge is 0.255 e. The zero-order chi connectivity index (χ0) is 29.1. The molecule has 4 rings (SSSR count). The Labute approximate surface area is 227 Å². The van der Waals surface area contributed by atoms with Crippen molar-refractivity contribution in [1.29, 1.82) is 0 Å². The van der Waals surface area contributed by atoms with Gasteiger partial charge < -0.3 is 36.0 Å². The SMILES string of the molecule is CN(C)C/C=C/c1cc(N(C)C)c2c(c1O)C(O)=C1C(=O)[C@]3(O)C(O)=C(C(N)=O)C(=O)[C@@H](N(C)C)[C@@H]3C[C@@H]1C2. The van der Waals surface area contributed by atoms with Gasteiger partial charge in [-0.2, -0.15) is 0 Å². The van der Waals surface area contributed by atoms with Crippen LogP contribution in [0.3, 0.4) is 0 Å². The quantitative estimate of drug-likeness (QED) is 0.322. The number of benzene rings is 1. The average Bonchev–Trinajstić information content (AvgIpc) is 2.81. The standard InChI is InChI=1S/C28H36N4O7/c1-30(2)9-7-8-13-12-17(31(3)4)15-10-14-11-16-21(32(5)6)24(35)20(27(29)38)26(37)28(16,39)25(36)18(14)23(34)19(15)22(13)33/h7-8,12,14,16,21,33-34,37,39H,9-11H2,1-6H3,(H2,29,38)/b8-7+/t14-,16-,21-,28-/m0/s1. The molecule has 0 spiro atoms. The van der Waals surface area contributed by atoms with Gasteiger partial charge in [-0.15, -0.1) is 0 Å². The fourth-order valence-electron chi connectivity index (χ4n) is 6.23. The highest BCUT2D eigenvalue weighted by atomic mass is 16.3. The molecule has 1 aromatic carbocycles. The van der Waals surface area contributed by atoms with E-state index in [-0.39, 0.29) is 29.7 Å². The number of phenolic OH excluding ortho intramolecular Hbond substituents is 1. The van der Waals surface area contributed by atoms with Gasteiger partial charge in [-0.1, -0.05) is 12.2 Å². The van der Waals surface area contributed by atoms with Crippen molar-refractivity contribution >= 4 is 35.0 Å². The molecule has 4 atom stereocenters. The first kappa shape index (κ1) is 28.3. The maximum Gasteiger partial charge on any atom is 0.255 e. The van der Waals surface area contributed by atoms with E-state index >= 15 is 0 Å². The van der Waals surface area contributed by atoms with Gasteiger partial charge in [0.2, 0.25) is 5.78 Å². The number of fused-ring (bicyclic) bond motifs is 3. The lowest BCUT2D eigenvalue weighted by Crippen LogP contribution is -2.65. The van der Waals surface area contributed by atoms with Crippen LogP contribution in [0.25, 0.3) is 11.8 Å². The van der Waals surface area contributed by atoms with Crippen LogP contribution >= 0.6 is 0 Å². The average molecular weight is 541 g/mol. The zero-order valence-corrected chi connectivity index (χ0v) is 23.0. The minimum Gasteiger partial charge on any atom is -0.508 e. The third-order valence-electron chi connectivity index (χ3n) is 7.98. The molecule has 1 aromatic rings. The highest BCUT2D eigenvalue weighted by Crippen LogP contribution is 2.54. The second kappa shape index (κ2) is 9.82. The van der Waals surface area contributed by atoms with E-state index in [1.807, 2.05) is 44.1 Å². The van der Waals surface area contributed by atoms with Crippen LogP contribution in [0.15, 0.2) is 29.0 Å². The summed E-state index contributed by atoms with van der Waals surface area (Å²) in [6.07, 6.45) is 3.85. The summed E-state index contributed by atoms with van der Waals surface area (Å²) in [5, 5.41) is 45.5. The lowest BCUT2D eigenvalue weighted by molar-refractivity contribution is -0.153. The molecule has 0 saturated heterocycles. The number of hydrogen-bond acceptors (Lipinski definition) is 10. The Kier molecular flexibility index (Phi) is 7.13. The molecule has 1 amide bonds. The van der Waals surface area contributed by atoms with Crippen molar-refractivity contribution in [2.45, 2.75) is 24.5 Å². The van der Waals surface area contributed by atoms with Gasteiger partial charge in [-0.25, -0.2) is 0 Å². The number of aliphatic hydroxyl groups is 3. The molecule has 210 valence electrons. The van der Waals surface area contributed by atoms with Gasteiger partial charge in [0.1, 0.15) is 22.8 Å². The van der Waals surface area contributed by atoms with Crippen molar-refractivity contribution < 1.29 is 34.8 Å². The van der Waals surface area contributed by atoms with E-state index in [0.29, 0.717) is 17.7 Å². The van der Waals surface area contributed by atoms with Gasteiger partial charge in [-0.05, 0) is 58.6 Å². The van der Waals surface area contributed by atoms with Gasteiger partial charge in [0.15, 0.2) is 11.4 Å². The number of carbonyl (C=O) groups excluding carboxylic acids is 3. The summed E-state index contributed by atoms with van der Waals surface area (Å²) in [5.74, 6) is -6.63. The van der Waals surface area contributed by atoms with Crippen LogP contribution < -0.4 is 10.6 Å².